The van der Waals surface area contributed by atoms with Crippen molar-refractivity contribution in [1.82, 2.24) is 4.90 Å². The monoisotopic (exact) mass is 265 g/mol. The second-order valence-electron chi connectivity index (χ2n) is 5.80. The summed E-state index contributed by atoms with van der Waals surface area (Å²) in [7, 11) is 1.93. The SMILES string of the molecule is CN(C(=O)C1CCC(=CC(=O)O)CC1)C1CCCC1. The molecule has 2 aliphatic carbocycles. The van der Waals surface area contributed by atoms with E-state index in [4.69, 9.17) is 5.11 Å². The summed E-state index contributed by atoms with van der Waals surface area (Å²) in [5, 5.41) is 8.72. The Morgan fingerprint density at radius 3 is 2.26 bits per heavy atom. The van der Waals surface area contributed by atoms with E-state index in [2.05, 4.69) is 0 Å². The lowest BCUT2D eigenvalue weighted by Crippen LogP contribution is -2.40. The predicted molar refractivity (Wildman–Crippen MR) is 72.7 cm³/mol. The molecule has 0 aromatic carbocycles. The number of carboxylic acids is 1. The quantitative estimate of drug-likeness (QED) is 0.798. The standard InChI is InChI=1S/C15H23NO3/c1-16(13-4-2-3-5-13)15(19)12-8-6-11(7-9-12)10-14(17)18/h10,12-13H,2-9H2,1H3,(H,17,18). The zero-order chi connectivity index (χ0) is 13.8. The number of hydrogen-bond donors (Lipinski definition) is 1. The lowest BCUT2D eigenvalue weighted by Gasteiger charge is -2.31. The number of rotatable bonds is 3. The van der Waals surface area contributed by atoms with Gasteiger partial charge in [0, 0.05) is 25.1 Å². The number of carboxylic acid groups (broad SMARTS) is 1. The van der Waals surface area contributed by atoms with Crippen molar-refractivity contribution in [3.63, 3.8) is 0 Å². The topological polar surface area (TPSA) is 57.6 Å². The van der Waals surface area contributed by atoms with Crippen molar-refractivity contribution in [3.8, 4) is 0 Å². The summed E-state index contributed by atoms with van der Waals surface area (Å²) in [6, 6.07) is 0.434. The molecule has 4 heteroatoms. The predicted octanol–water partition coefficient (Wildman–Crippen LogP) is 2.59. The average molecular weight is 265 g/mol. The number of nitrogens with zero attached hydrogens (tertiary/aromatic N) is 1. The highest BCUT2D eigenvalue weighted by atomic mass is 16.4. The van der Waals surface area contributed by atoms with Crippen LogP contribution in [0.5, 0.6) is 0 Å². The molecule has 0 atom stereocenters. The first kappa shape index (κ1) is 14.1. The van der Waals surface area contributed by atoms with Crippen LogP contribution in [0.3, 0.4) is 0 Å². The fourth-order valence-corrected chi connectivity index (χ4v) is 3.31. The summed E-state index contributed by atoms with van der Waals surface area (Å²) in [5.41, 5.74) is 0.972. The molecule has 0 radical (unpaired) electrons. The van der Waals surface area contributed by atoms with Crippen LogP contribution in [0.4, 0.5) is 0 Å². The van der Waals surface area contributed by atoms with E-state index in [-0.39, 0.29) is 11.8 Å². The third-order valence-electron chi connectivity index (χ3n) is 4.52. The molecule has 0 aromatic heterocycles. The number of aliphatic carboxylic acids is 1. The molecular weight excluding hydrogens is 242 g/mol. The van der Waals surface area contributed by atoms with Gasteiger partial charge in [-0.05, 0) is 38.5 Å². The third kappa shape index (κ3) is 3.58. The Bertz CT molecular complexity index is 373. The first-order valence-electron chi connectivity index (χ1n) is 7.27. The van der Waals surface area contributed by atoms with Crippen LogP contribution in [0.25, 0.3) is 0 Å². The van der Waals surface area contributed by atoms with Crippen molar-refractivity contribution in [2.75, 3.05) is 7.05 Å². The Labute approximate surface area is 114 Å². The van der Waals surface area contributed by atoms with Crippen LogP contribution in [0.2, 0.25) is 0 Å². The lowest BCUT2D eigenvalue weighted by molar-refractivity contribution is -0.137. The highest BCUT2D eigenvalue weighted by Gasteiger charge is 2.30. The molecule has 0 heterocycles. The van der Waals surface area contributed by atoms with Crippen molar-refractivity contribution >= 4 is 11.9 Å². The minimum atomic E-state index is -0.872. The van der Waals surface area contributed by atoms with Crippen molar-refractivity contribution in [3.05, 3.63) is 11.6 Å². The van der Waals surface area contributed by atoms with Crippen LogP contribution < -0.4 is 0 Å². The van der Waals surface area contributed by atoms with E-state index in [9.17, 15) is 9.59 Å². The van der Waals surface area contributed by atoms with E-state index in [1.165, 1.54) is 18.9 Å². The Hall–Kier alpha value is -1.32. The number of carbonyl (C=O) groups is 2. The van der Waals surface area contributed by atoms with Crippen molar-refractivity contribution in [2.45, 2.75) is 57.4 Å². The van der Waals surface area contributed by atoms with Crippen LogP contribution in [-0.2, 0) is 9.59 Å². The molecule has 1 N–H and O–H groups in total. The second-order valence-corrected chi connectivity index (χ2v) is 5.80. The molecule has 2 rings (SSSR count). The minimum absolute atomic E-state index is 0.0940. The van der Waals surface area contributed by atoms with Gasteiger partial charge in [-0.3, -0.25) is 4.79 Å². The van der Waals surface area contributed by atoms with Crippen LogP contribution in [0.1, 0.15) is 51.4 Å². The number of hydrogen-bond acceptors (Lipinski definition) is 2. The molecular formula is C15H23NO3. The molecule has 1 amide bonds. The van der Waals surface area contributed by atoms with E-state index < -0.39 is 5.97 Å². The Morgan fingerprint density at radius 1 is 1.16 bits per heavy atom. The normalized spacial score (nSPS) is 24.3. The van der Waals surface area contributed by atoms with Gasteiger partial charge in [-0.25, -0.2) is 4.79 Å². The molecule has 0 saturated heterocycles. The molecule has 0 aromatic rings. The van der Waals surface area contributed by atoms with Crippen LogP contribution >= 0.6 is 0 Å². The summed E-state index contributed by atoms with van der Waals surface area (Å²) >= 11 is 0. The highest BCUT2D eigenvalue weighted by Crippen LogP contribution is 2.31. The molecule has 2 fully saturated rings. The fourth-order valence-electron chi connectivity index (χ4n) is 3.31. The number of carbonyl (C=O) groups excluding carboxylic acids is 1. The minimum Gasteiger partial charge on any atom is -0.478 e. The lowest BCUT2D eigenvalue weighted by atomic mass is 9.84. The third-order valence-corrected chi connectivity index (χ3v) is 4.52. The van der Waals surface area contributed by atoms with Crippen LogP contribution in [-0.4, -0.2) is 35.0 Å². The van der Waals surface area contributed by atoms with Crippen molar-refractivity contribution in [1.29, 1.82) is 0 Å². The fraction of sp³-hybridized carbons (Fsp3) is 0.733. The summed E-state index contributed by atoms with van der Waals surface area (Å²) in [4.78, 5) is 25.0. The maximum atomic E-state index is 12.4. The first-order valence-corrected chi connectivity index (χ1v) is 7.27. The summed E-state index contributed by atoms with van der Waals surface area (Å²) in [6.07, 6.45) is 9.16. The van der Waals surface area contributed by atoms with E-state index in [1.54, 1.807) is 0 Å². The molecule has 4 nitrogen and oxygen atoms in total. The van der Waals surface area contributed by atoms with Gasteiger partial charge < -0.3 is 10.0 Å². The molecule has 106 valence electrons. The zero-order valence-corrected chi connectivity index (χ0v) is 11.6. The van der Waals surface area contributed by atoms with E-state index in [1.807, 2.05) is 11.9 Å². The Balaban J connectivity index is 1.86. The number of amides is 1. The summed E-state index contributed by atoms with van der Waals surface area (Å²) in [6.45, 7) is 0. The highest BCUT2D eigenvalue weighted by molar-refractivity contribution is 5.81. The molecule has 19 heavy (non-hydrogen) atoms. The van der Waals surface area contributed by atoms with Gasteiger partial charge >= 0.3 is 5.97 Å². The van der Waals surface area contributed by atoms with E-state index in [0.717, 1.165) is 44.1 Å². The van der Waals surface area contributed by atoms with Gasteiger partial charge in [0.2, 0.25) is 5.91 Å². The van der Waals surface area contributed by atoms with Gasteiger partial charge in [0.1, 0.15) is 0 Å². The largest absolute Gasteiger partial charge is 0.478 e. The average Bonchev–Trinajstić information content (AvgIpc) is 2.91. The van der Waals surface area contributed by atoms with Crippen LogP contribution in [0.15, 0.2) is 11.6 Å². The Kier molecular flexibility index (Phi) is 4.61. The van der Waals surface area contributed by atoms with Gasteiger partial charge in [-0.1, -0.05) is 18.4 Å². The molecule has 0 unspecified atom stereocenters. The molecule has 2 aliphatic rings. The van der Waals surface area contributed by atoms with Gasteiger partial charge in [-0.15, -0.1) is 0 Å². The van der Waals surface area contributed by atoms with Crippen molar-refractivity contribution < 1.29 is 14.7 Å². The molecule has 0 bridgehead atoms. The molecule has 0 spiro atoms. The second kappa shape index (κ2) is 6.22. The number of allylic oxidation sites excluding steroid dienone is 1. The van der Waals surface area contributed by atoms with Crippen molar-refractivity contribution in [2.24, 2.45) is 5.92 Å². The van der Waals surface area contributed by atoms with Crippen LogP contribution in [0, 0.1) is 5.92 Å². The molecule has 2 saturated carbocycles. The van der Waals surface area contributed by atoms with Gasteiger partial charge in [0.25, 0.3) is 0 Å². The maximum Gasteiger partial charge on any atom is 0.328 e. The maximum absolute atomic E-state index is 12.4. The van der Waals surface area contributed by atoms with E-state index >= 15 is 0 Å². The Morgan fingerprint density at radius 2 is 1.74 bits per heavy atom. The van der Waals surface area contributed by atoms with E-state index in [0.29, 0.717) is 6.04 Å². The summed E-state index contributed by atoms with van der Waals surface area (Å²) < 4.78 is 0. The summed E-state index contributed by atoms with van der Waals surface area (Å²) in [5.74, 6) is -0.513. The smallest absolute Gasteiger partial charge is 0.328 e. The first-order chi connectivity index (χ1) is 9.08. The zero-order valence-electron chi connectivity index (χ0n) is 11.6. The van der Waals surface area contributed by atoms with Gasteiger partial charge in [-0.2, -0.15) is 0 Å². The van der Waals surface area contributed by atoms with Gasteiger partial charge in [0.05, 0.1) is 0 Å². The molecule has 0 aliphatic heterocycles. The van der Waals surface area contributed by atoms with Gasteiger partial charge in [0.15, 0.2) is 0 Å².